The van der Waals surface area contributed by atoms with Gasteiger partial charge in [0.05, 0.1) is 10.9 Å². The minimum atomic E-state index is -0.296. The van der Waals surface area contributed by atoms with E-state index in [2.05, 4.69) is 5.32 Å². The molecule has 2 aromatic carbocycles. The van der Waals surface area contributed by atoms with Gasteiger partial charge in [0.15, 0.2) is 11.5 Å². The van der Waals surface area contributed by atoms with Crippen molar-refractivity contribution in [2.45, 2.75) is 19.9 Å². The first-order chi connectivity index (χ1) is 12.5. The second-order valence-electron chi connectivity index (χ2n) is 6.27. The van der Waals surface area contributed by atoms with Crippen LogP contribution in [0.25, 0.3) is 10.1 Å². The molecule has 0 fully saturated rings. The highest BCUT2D eigenvalue weighted by Gasteiger charge is 2.20. The van der Waals surface area contributed by atoms with Crippen molar-refractivity contribution in [3.63, 3.8) is 0 Å². The molecule has 0 aliphatic carbocycles. The summed E-state index contributed by atoms with van der Waals surface area (Å²) in [5, 5.41) is 3.52. The van der Waals surface area contributed by atoms with Gasteiger partial charge in [0.2, 0.25) is 0 Å². The Kier molecular flexibility index (Phi) is 4.28. The average molecular weight is 371 g/mol. The maximum absolute atomic E-state index is 14.1. The number of halogens is 1. The van der Waals surface area contributed by atoms with E-state index in [1.54, 1.807) is 13.0 Å². The maximum atomic E-state index is 14.1. The monoisotopic (exact) mass is 371 g/mol. The van der Waals surface area contributed by atoms with Crippen molar-refractivity contribution in [1.82, 2.24) is 5.32 Å². The number of hydrogen-bond donors (Lipinski definition) is 1. The second kappa shape index (κ2) is 6.61. The second-order valence-corrected chi connectivity index (χ2v) is 7.32. The van der Waals surface area contributed by atoms with Gasteiger partial charge >= 0.3 is 0 Å². The number of ether oxygens (including phenoxy) is 2. The Balaban J connectivity index is 1.58. The van der Waals surface area contributed by atoms with Gasteiger partial charge in [-0.05, 0) is 49.2 Å². The van der Waals surface area contributed by atoms with Crippen LogP contribution in [0.5, 0.6) is 11.5 Å². The SMILES string of the molecule is Cc1c(C(=O)NC(C)c2ccc3c(c2)OCCO3)sc2cccc(F)c12. The first kappa shape index (κ1) is 16.8. The van der Waals surface area contributed by atoms with Crippen molar-refractivity contribution in [3.05, 3.63) is 58.2 Å². The van der Waals surface area contributed by atoms with Gasteiger partial charge in [-0.2, -0.15) is 0 Å². The maximum Gasteiger partial charge on any atom is 0.262 e. The molecular formula is C20H18FNO3S. The van der Waals surface area contributed by atoms with Gasteiger partial charge in [0, 0.05) is 10.1 Å². The lowest BCUT2D eigenvalue weighted by molar-refractivity contribution is 0.0943. The summed E-state index contributed by atoms with van der Waals surface area (Å²) in [7, 11) is 0. The van der Waals surface area contributed by atoms with Crippen LogP contribution < -0.4 is 14.8 Å². The van der Waals surface area contributed by atoms with Gasteiger partial charge < -0.3 is 14.8 Å². The average Bonchev–Trinajstić information content (AvgIpc) is 2.99. The number of carbonyl (C=O) groups is 1. The van der Waals surface area contributed by atoms with E-state index in [9.17, 15) is 9.18 Å². The van der Waals surface area contributed by atoms with Gasteiger partial charge in [-0.3, -0.25) is 4.79 Å². The van der Waals surface area contributed by atoms with E-state index in [4.69, 9.17) is 9.47 Å². The summed E-state index contributed by atoms with van der Waals surface area (Å²) >= 11 is 1.31. The molecule has 1 N–H and O–H groups in total. The van der Waals surface area contributed by atoms with Gasteiger partial charge in [-0.15, -0.1) is 11.3 Å². The molecule has 1 amide bonds. The Bertz CT molecular complexity index is 998. The molecular weight excluding hydrogens is 353 g/mol. The molecule has 1 aromatic heterocycles. The first-order valence-corrected chi connectivity index (χ1v) is 9.24. The van der Waals surface area contributed by atoms with Gasteiger partial charge in [0.25, 0.3) is 5.91 Å². The molecule has 0 radical (unpaired) electrons. The van der Waals surface area contributed by atoms with Crippen LogP contribution in [0.4, 0.5) is 4.39 Å². The fraction of sp³-hybridized carbons (Fsp3) is 0.250. The van der Waals surface area contributed by atoms with Crippen molar-refractivity contribution < 1.29 is 18.7 Å². The number of fused-ring (bicyclic) bond motifs is 2. The Morgan fingerprint density at radius 1 is 1.19 bits per heavy atom. The lowest BCUT2D eigenvalue weighted by atomic mass is 10.1. The van der Waals surface area contributed by atoms with E-state index >= 15 is 0 Å². The number of rotatable bonds is 3. The van der Waals surface area contributed by atoms with Crippen LogP contribution in [0.3, 0.4) is 0 Å². The molecule has 26 heavy (non-hydrogen) atoms. The summed E-state index contributed by atoms with van der Waals surface area (Å²) in [6.07, 6.45) is 0. The zero-order chi connectivity index (χ0) is 18.3. The van der Waals surface area contributed by atoms with E-state index in [0.29, 0.717) is 40.5 Å². The molecule has 1 aliphatic rings. The summed E-state index contributed by atoms with van der Waals surface area (Å²) < 4.78 is 26.0. The Morgan fingerprint density at radius 2 is 1.96 bits per heavy atom. The molecule has 0 saturated carbocycles. The predicted octanol–water partition coefficient (Wildman–Crippen LogP) is 4.61. The minimum Gasteiger partial charge on any atom is -0.486 e. The van der Waals surface area contributed by atoms with Crippen molar-refractivity contribution in [2.75, 3.05) is 13.2 Å². The van der Waals surface area contributed by atoms with Crippen molar-refractivity contribution in [3.8, 4) is 11.5 Å². The number of carbonyl (C=O) groups excluding carboxylic acids is 1. The third-order valence-corrected chi connectivity index (χ3v) is 5.78. The summed E-state index contributed by atoms with van der Waals surface area (Å²) in [5.41, 5.74) is 1.60. The highest BCUT2D eigenvalue weighted by molar-refractivity contribution is 7.21. The summed E-state index contributed by atoms with van der Waals surface area (Å²) in [6, 6.07) is 10.3. The van der Waals surface area contributed by atoms with E-state index in [1.807, 2.05) is 31.2 Å². The highest BCUT2D eigenvalue weighted by atomic mass is 32.1. The van der Waals surface area contributed by atoms with Gasteiger partial charge in [0.1, 0.15) is 19.0 Å². The molecule has 0 bridgehead atoms. The largest absolute Gasteiger partial charge is 0.486 e. The summed E-state index contributed by atoms with van der Waals surface area (Å²) in [4.78, 5) is 13.3. The van der Waals surface area contributed by atoms with Crippen molar-refractivity contribution >= 4 is 27.3 Å². The molecule has 1 aliphatic heterocycles. The molecule has 134 valence electrons. The molecule has 4 nitrogen and oxygen atoms in total. The predicted molar refractivity (Wildman–Crippen MR) is 99.8 cm³/mol. The smallest absolute Gasteiger partial charge is 0.262 e. The molecule has 1 atom stereocenters. The zero-order valence-electron chi connectivity index (χ0n) is 14.5. The fourth-order valence-electron chi connectivity index (χ4n) is 3.14. The molecule has 4 rings (SSSR count). The summed E-state index contributed by atoms with van der Waals surface area (Å²) in [5.74, 6) is 0.907. The minimum absolute atomic E-state index is 0.203. The molecule has 2 heterocycles. The van der Waals surface area contributed by atoms with Crippen molar-refractivity contribution in [1.29, 1.82) is 0 Å². The van der Waals surface area contributed by atoms with E-state index in [0.717, 1.165) is 10.3 Å². The number of amides is 1. The lowest BCUT2D eigenvalue weighted by Gasteiger charge is -2.21. The molecule has 1 unspecified atom stereocenters. The number of nitrogens with one attached hydrogen (secondary N) is 1. The van der Waals surface area contributed by atoms with Crippen LogP contribution in [-0.2, 0) is 0 Å². The third-order valence-electron chi connectivity index (χ3n) is 4.52. The van der Waals surface area contributed by atoms with Crippen molar-refractivity contribution in [2.24, 2.45) is 0 Å². The molecule has 0 spiro atoms. The Labute approximate surface area is 154 Å². The fourth-order valence-corrected chi connectivity index (χ4v) is 4.27. The molecule has 6 heteroatoms. The molecule has 0 saturated heterocycles. The standard InChI is InChI=1S/C20H18FNO3S/c1-11-18-14(21)4-3-5-17(18)26-19(11)20(23)22-12(2)13-6-7-15-16(10-13)25-9-8-24-15/h3-7,10,12H,8-9H2,1-2H3,(H,22,23). The van der Waals surface area contributed by atoms with Crippen LogP contribution in [0.1, 0.15) is 33.8 Å². The highest BCUT2D eigenvalue weighted by Crippen LogP contribution is 2.34. The van der Waals surface area contributed by atoms with E-state index in [-0.39, 0.29) is 17.8 Å². The first-order valence-electron chi connectivity index (χ1n) is 8.42. The van der Waals surface area contributed by atoms with Crippen LogP contribution in [-0.4, -0.2) is 19.1 Å². The zero-order valence-corrected chi connectivity index (χ0v) is 15.3. The van der Waals surface area contributed by atoms with Gasteiger partial charge in [-0.1, -0.05) is 12.1 Å². The normalized spacial score (nSPS) is 14.3. The summed E-state index contributed by atoms with van der Waals surface area (Å²) in [6.45, 7) is 4.75. The Hall–Kier alpha value is -2.60. The quantitative estimate of drug-likeness (QED) is 0.731. The van der Waals surface area contributed by atoms with Gasteiger partial charge in [-0.25, -0.2) is 4.39 Å². The number of benzene rings is 2. The Morgan fingerprint density at radius 3 is 2.73 bits per heavy atom. The third kappa shape index (κ3) is 2.90. The molecule has 3 aromatic rings. The van der Waals surface area contributed by atoms with Crippen LogP contribution >= 0.6 is 11.3 Å². The lowest BCUT2D eigenvalue weighted by Crippen LogP contribution is -2.26. The van der Waals surface area contributed by atoms with E-state index < -0.39 is 0 Å². The van der Waals surface area contributed by atoms with Crippen LogP contribution in [0, 0.1) is 12.7 Å². The van der Waals surface area contributed by atoms with Crippen LogP contribution in [0.2, 0.25) is 0 Å². The number of hydrogen-bond acceptors (Lipinski definition) is 4. The number of aryl methyl sites for hydroxylation is 1. The van der Waals surface area contributed by atoms with Crippen LogP contribution in [0.15, 0.2) is 36.4 Å². The number of thiophene rings is 1. The topological polar surface area (TPSA) is 47.6 Å². The van der Waals surface area contributed by atoms with E-state index in [1.165, 1.54) is 17.4 Å².